The molecular formula is C12H17N3O. The molecule has 0 aliphatic carbocycles. The lowest BCUT2D eigenvalue weighted by molar-refractivity contribution is 0.597. The molecule has 2 rings (SSSR count). The Kier molecular flexibility index (Phi) is 2.73. The minimum absolute atomic E-state index is 0.411. The van der Waals surface area contributed by atoms with Crippen molar-refractivity contribution in [3.8, 4) is 0 Å². The topological polar surface area (TPSA) is 41.3 Å². The third kappa shape index (κ3) is 2.10. The van der Waals surface area contributed by atoms with Crippen LogP contribution >= 0.6 is 0 Å². The Balaban J connectivity index is 2.38. The molecule has 0 fully saturated rings. The van der Waals surface area contributed by atoms with E-state index in [2.05, 4.69) is 24.1 Å². The average molecular weight is 219 g/mol. The summed E-state index contributed by atoms with van der Waals surface area (Å²) in [5.74, 6) is 0. The van der Waals surface area contributed by atoms with Crippen LogP contribution in [-0.4, -0.2) is 25.1 Å². The summed E-state index contributed by atoms with van der Waals surface area (Å²) in [7, 11) is 3.83. The normalized spacial score (nSPS) is 11.1. The van der Waals surface area contributed by atoms with E-state index < -0.39 is 0 Å². The van der Waals surface area contributed by atoms with Gasteiger partial charge in [0.05, 0.1) is 0 Å². The third-order valence-corrected chi connectivity index (χ3v) is 2.22. The number of nitrogens with one attached hydrogen (secondary N) is 1. The molecule has 4 nitrogen and oxygen atoms in total. The van der Waals surface area contributed by atoms with Gasteiger partial charge in [0.25, 0.3) is 6.01 Å². The SMILES string of the molecule is CC(C)Nc1ccc2nc(N(C)C)oc2c1. The van der Waals surface area contributed by atoms with E-state index in [9.17, 15) is 0 Å². The standard InChI is InChI=1S/C12H17N3O/c1-8(2)13-9-5-6-10-11(7-9)16-12(14-10)15(3)4/h5-8,13H,1-4H3. The molecule has 0 aliphatic heterocycles. The number of rotatable bonds is 3. The average Bonchev–Trinajstić information content (AvgIpc) is 2.59. The molecule has 1 aromatic carbocycles. The number of hydrogen-bond acceptors (Lipinski definition) is 4. The maximum atomic E-state index is 5.63. The molecule has 0 radical (unpaired) electrons. The lowest BCUT2D eigenvalue weighted by Crippen LogP contribution is -2.09. The Hall–Kier alpha value is -1.71. The van der Waals surface area contributed by atoms with Gasteiger partial charge in [0, 0.05) is 31.9 Å². The molecule has 0 atom stereocenters. The van der Waals surface area contributed by atoms with E-state index in [1.807, 2.05) is 37.2 Å². The molecular weight excluding hydrogens is 202 g/mol. The van der Waals surface area contributed by atoms with Crippen molar-refractivity contribution >= 4 is 22.8 Å². The highest BCUT2D eigenvalue weighted by Crippen LogP contribution is 2.23. The summed E-state index contributed by atoms with van der Waals surface area (Å²) < 4.78 is 5.63. The fraction of sp³-hybridized carbons (Fsp3) is 0.417. The van der Waals surface area contributed by atoms with Crippen molar-refractivity contribution in [1.82, 2.24) is 4.98 Å². The van der Waals surface area contributed by atoms with Crippen LogP contribution in [0, 0.1) is 0 Å². The summed E-state index contributed by atoms with van der Waals surface area (Å²) in [6.07, 6.45) is 0. The van der Waals surface area contributed by atoms with Crippen LogP contribution in [-0.2, 0) is 0 Å². The van der Waals surface area contributed by atoms with Crippen molar-refractivity contribution in [2.24, 2.45) is 0 Å². The van der Waals surface area contributed by atoms with E-state index in [1.54, 1.807) is 0 Å². The van der Waals surface area contributed by atoms with Gasteiger partial charge >= 0.3 is 0 Å². The smallest absolute Gasteiger partial charge is 0.297 e. The van der Waals surface area contributed by atoms with Gasteiger partial charge in [-0.15, -0.1) is 0 Å². The largest absolute Gasteiger partial charge is 0.423 e. The van der Waals surface area contributed by atoms with Gasteiger partial charge in [0.15, 0.2) is 5.58 Å². The molecule has 0 spiro atoms. The zero-order chi connectivity index (χ0) is 11.7. The molecule has 0 amide bonds. The Morgan fingerprint density at radius 1 is 1.31 bits per heavy atom. The molecule has 1 N–H and O–H groups in total. The molecule has 1 aromatic heterocycles. The Bertz CT molecular complexity index is 488. The van der Waals surface area contributed by atoms with E-state index in [0.717, 1.165) is 16.8 Å². The second-order valence-electron chi connectivity index (χ2n) is 4.37. The minimum Gasteiger partial charge on any atom is -0.423 e. The molecule has 0 aliphatic rings. The van der Waals surface area contributed by atoms with Gasteiger partial charge in [-0.1, -0.05) is 0 Å². The van der Waals surface area contributed by atoms with Crippen LogP contribution in [0.15, 0.2) is 22.6 Å². The van der Waals surface area contributed by atoms with E-state index in [0.29, 0.717) is 12.1 Å². The van der Waals surface area contributed by atoms with Gasteiger partial charge in [-0.25, -0.2) is 0 Å². The van der Waals surface area contributed by atoms with Crippen LogP contribution in [0.25, 0.3) is 11.1 Å². The van der Waals surface area contributed by atoms with Gasteiger partial charge in [0.1, 0.15) is 5.52 Å². The van der Waals surface area contributed by atoms with Gasteiger partial charge in [-0.2, -0.15) is 4.98 Å². The molecule has 0 bridgehead atoms. The molecule has 16 heavy (non-hydrogen) atoms. The molecule has 4 heteroatoms. The summed E-state index contributed by atoms with van der Waals surface area (Å²) in [4.78, 5) is 6.22. The van der Waals surface area contributed by atoms with Crippen LogP contribution < -0.4 is 10.2 Å². The number of fused-ring (bicyclic) bond motifs is 1. The maximum absolute atomic E-state index is 5.63. The number of nitrogens with zero attached hydrogens (tertiary/aromatic N) is 2. The van der Waals surface area contributed by atoms with Crippen LogP contribution in [0.5, 0.6) is 0 Å². The van der Waals surface area contributed by atoms with E-state index in [1.165, 1.54) is 0 Å². The number of hydrogen-bond donors (Lipinski definition) is 1. The molecule has 1 heterocycles. The summed E-state index contributed by atoms with van der Waals surface area (Å²) in [5, 5.41) is 3.33. The lowest BCUT2D eigenvalue weighted by Gasteiger charge is -2.08. The molecule has 0 saturated carbocycles. The highest BCUT2D eigenvalue weighted by molar-refractivity contribution is 5.78. The van der Waals surface area contributed by atoms with Crippen molar-refractivity contribution < 1.29 is 4.42 Å². The molecule has 0 saturated heterocycles. The van der Waals surface area contributed by atoms with E-state index in [-0.39, 0.29) is 0 Å². The summed E-state index contributed by atoms with van der Waals surface area (Å²) in [5.41, 5.74) is 2.76. The van der Waals surface area contributed by atoms with Crippen molar-refractivity contribution in [2.45, 2.75) is 19.9 Å². The predicted octanol–water partition coefficient (Wildman–Crippen LogP) is 2.71. The van der Waals surface area contributed by atoms with Gasteiger partial charge in [-0.3, -0.25) is 0 Å². The first-order chi connectivity index (χ1) is 7.56. The van der Waals surface area contributed by atoms with Crippen molar-refractivity contribution in [1.29, 1.82) is 0 Å². The number of benzene rings is 1. The van der Waals surface area contributed by atoms with E-state index in [4.69, 9.17) is 4.42 Å². The highest BCUT2D eigenvalue weighted by Gasteiger charge is 2.07. The van der Waals surface area contributed by atoms with Crippen molar-refractivity contribution in [3.63, 3.8) is 0 Å². The Labute approximate surface area is 95.3 Å². The van der Waals surface area contributed by atoms with Crippen molar-refractivity contribution in [3.05, 3.63) is 18.2 Å². The third-order valence-electron chi connectivity index (χ3n) is 2.22. The molecule has 0 unspecified atom stereocenters. The number of aromatic nitrogens is 1. The van der Waals surface area contributed by atoms with Gasteiger partial charge in [-0.05, 0) is 26.0 Å². The van der Waals surface area contributed by atoms with Crippen LogP contribution in [0.2, 0.25) is 0 Å². The fourth-order valence-electron chi connectivity index (χ4n) is 1.53. The second-order valence-corrected chi connectivity index (χ2v) is 4.37. The van der Waals surface area contributed by atoms with Gasteiger partial charge < -0.3 is 14.6 Å². The Morgan fingerprint density at radius 3 is 2.69 bits per heavy atom. The highest BCUT2D eigenvalue weighted by atomic mass is 16.4. The van der Waals surface area contributed by atoms with Crippen molar-refractivity contribution in [2.75, 3.05) is 24.3 Å². The fourth-order valence-corrected chi connectivity index (χ4v) is 1.53. The summed E-state index contributed by atoms with van der Waals surface area (Å²) >= 11 is 0. The van der Waals surface area contributed by atoms with Crippen LogP contribution in [0.4, 0.5) is 11.7 Å². The first kappa shape index (κ1) is 10.8. The summed E-state index contributed by atoms with van der Waals surface area (Å²) in [6.45, 7) is 4.21. The zero-order valence-corrected chi connectivity index (χ0v) is 10.1. The number of oxazole rings is 1. The first-order valence-corrected chi connectivity index (χ1v) is 5.40. The maximum Gasteiger partial charge on any atom is 0.297 e. The van der Waals surface area contributed by atoms with Gasteiger partial charge in [0.2, 0.25) is 0 Å². The predicted molar refractivity (Wildman–Crippen MR) is 67.1 cm³/mol. The quantitative estimate of drug-likeness (QED) is 0.861. The lowest BCUT2D eigenvalue weighted by atomic mass is 10.2. The zero-order valence-electron chi connectivity index (χ0n) is 10.1. The number of anilines is 2. The molecule has 2 aromatic rings. The molecule has 86 valence electrons. The monoisotopic (exact) mass is 219 g/mol. The summed E-state index contributed by atoms with van der Waals surface area (Å²) in [6, 6.07) is 7.02. The minimum atomic E-state index is 0.411. The van der Waals surface area contributed by atoms with Crippen LogP contribution in [0.1, 0.15) is 13.8 Å². The van der Waals surface area contributed by atoms with E-state index >= 15 is 0 Å². The Morgan fingerprint density at radius 2 is 2.06 bits per heavy atom. The van der Waals surface area contributed by atoms with Crippen LogP contribution in [0.3, 0.4) is 0 Å². The first-order valence-electron chi connectivity index (χ1n) is 5.40. The second kappa shape index (κ2) is 4.04.